The van der Waals surface area contributed by atoms with E-state index in [1.165, 1.54) is 32.1 Å². The van der Waals surface area contributed by atoms with Crippen LogP contribution in [0.1, 0.15) is 84.1 Å². The second-order valence-corrected chi connectivity index (χ2v) is 12.5. The van der Waals surface area contributed by atoms with E-state index in [1.54, 1.807) is 0 Å². The van der Waals surface area contributed by atoms with Crippen LogP contribution in [0.15, 0.2) is 18.2 Å². The average Bonchev–Trinajstić information content (AvgIpc) is 3.42. The maximum absolute atomic E-state index is 12.4. The van der Waals surface area contributed by atoms with Crippen LogP contribution in [-0.2, 0) is 4.79 Å². The van der Waals surface area contributed by atoms with Crippen LogP contribution in [0, 0.1) is 52.3 Å². The summed E-state index contributed by atoms with van der Waals surface area (Å²) in [6, 6.07) is 5.74. The Bertz CT molecular complexity index is 1070. The van der Waals surface area contributed by atoms with Gasteiger partial charge in [0.1, 0.15) is 11.4 Å². The van der Waals surface area contributed by atoms with Gasteiger partial charge in [-0.1, -0.05) is 25.7 Å². The SMILES string of the molecule is CC(=O)[C@H]1CC[C@H]2[C@@H]3CC[C@@H]4C[C@@](O)(C#Cc5ccc6c(c5)OCO6)CC[C@]4(C)[C@H]3CC[C@]12C. The van der Waals surface area contributed by atoms with Gasteiger partial charge in [0.15, 0.2) is 11.5 Å². The van der Waals surface area contributed by atoms with E-state index in [-0.39, 0.29) is 23.5 Å². The maximum Gasteiger partial charge on any atom is 0.231 e. The first-order valence-electron chi connectivity index (χ1n) is 13.4. The molecule has 0 radical (unpaired) electrons. The average molecular weight is 463 g/mol. The molecule has 0 amide bonds. The number of hydrogen-bond donors (Lipinski definition) is 1. The molecule has 1 aliphatic heterocycles. The van der Waals surface area contributed by atoms with Crippen LogP contribution in [0.25, 0.3) is 0 Å². The molecular formula is C30H38O4. The fourth-order valence-electron chi connectivity index (χ4n) is 9.19. The molecule has 4 saturated carbocycles. The van der Waals surface area contributed by atoms with Crippen molar-refractivity contribution in [3.8, 4) is 23.3 Å². The zero-order chi connectivity index (χ0) is 23.7. The number of carbonyl (C=O) groups is 1. The number of aliphatic hydroxyl groups is 1. The fourth-order valence-corrected chi connectivity index (χ4v) is 9.19. The summed E-state index contributed by atoms with van der Waals surface area (Å²) < 4.78 is 10.9. The first kappa shape index (κ1) is 22.5. The molecule has 1 aromatic rings. The van der Waals surface area contributed by atoms with Gasteiger partial charge in [-0.2, -0.15) is 0 Å². The Balaban J connectivity index is 1.20. The highest BCUT2D eigenvalue weighted by Crippen LogP contribution is 2.68. The number of ketones is 1. The monoisotopic (exact) mass is 462 g/mol. The van der Waals surface area contributed by atoms with E-state index in [0.717, 1.165) is 54.6 Å². The Labute approximate surface area is 203 Å². The van der Waals surface area contributed by atoms with Crippen molar-refractivity contribution >= 4 is 5.78 Å². The molecule has 34 heavy (non-hydrogen) atoms. The molecule has 4 aliphatic carbocycles. The third-order valence-corrected chi connectivity index (χ3v) is 11.0. The van der Waals surface area contributed by atoms with E-state index < -0.39 is 5.60 Å². The quantitative estimate of drug-likeness (QED) is 0.540. The summed E-state index contributed by atoms with van der Waals surface area (Å²) >= 11 is 0. The van der Waals surface area contributed by atoms with E-state index >= 15 is 0 Å². The van der Waals surface area contributed by atoms with Crippen molar-refractivity contribution in [3.63, 3.8) is 0 Å². The van der Waals surface area contributed by atoms with Crippen LogP contribution in [-0.4, -0.2) is 23.3 Å². The van der Waals surface area contributed by atoms with E-state index in [0.29, 0.717) is 17.6 Å². The lowest BCUT2D eigenvalue weighted by Crippen LogP contribution is -2.56. The molecule has 0 saturated heterocycles. The zero-order valence-electron chi connectivity index (χ0n) is 20.9. The second kappa shape index (κ2) is 7.76. The summed E-state index contributed by atoms with van der Waals surface area (Å²) in [7, 11) is 0. The van der Waals surface area contributed by atoms with Crippen LogP contribution in [0.2, 0.25) is 0 Å². The van der Waals surface area contributed by atoms with E-state index in [9.17, 15) is 9.90 Å². The predicted octanol–water partition coefficient (Wildman–Crippen LogP) is 5.75. The fraction of sp³-hybridized carbons (Fsp3) is 0.700. The van der Waals surface area contributed by atoms with E-state index in [2.05, 4.69) is 25.7 Å². The highest BCUT2D eigenvalue weighted by Gasteiger charge is 2.61. The Kier molecular flexibility index (Phi) is 5.13. The molecule has 4 heteroatoms. The highest BCUT2D eigenvalue weighted by molar-refractivity contribution is 5.79. The molecule has 1 aromatic carbocycles. The topological polar surface area (TPSA) is 55.8 Å². The standard InChI is InChI=1S/C30H38O4/c1-19(31)23-7-8-24-22-6-5-21-17-30(32,13-10-20-4-9-26-27(16-20)34-18-33-26)15-14-28(21,2)25(22)11-12-29(23,24)3/h4,9,16,21-25,32H,5-8,11-12,14-15,17-18H2,1-3H3/t21-,22+,23-,24+,25+,28+,29-,30-/m1/s1. The molecule has 1 N–H and O–H groups in total. The van der Waals surface area contributed by atoms with Crippen molar-refractivity contribution < 1.29 is 19.4 Å². The molecule has 8 atom stereocenters. The number of ether oxygens (including phenoxy) is 2. The van der Waals surface area contributed by atoms with Gasteiger partial charge in [0.2, 0.25) is 6.79 Å². The molecule has 4 fully saturated rings. The number of carbonyl (C=O) groups excluding carboxylic acids is 1. The lowest BCUT2D eigenvalue weighted by atomic mass is 9.44. The Morgan fingerprint density at radius 1 is 0.971 bits per heavy atom. The minimum Gasteiger partial charge on any atom is -0.454 e. The van der Waals surface area contributed by atoms with Crippen LogP contribution < -0.4 is 9.47 Å². The number of benzene rings is 1. The van der Waals surface area contributed by atoms with Gasteiger partial charge >= 0.3 is 0 Å². The predicted molar refractivity (Wildman–Crippen MR) is 130 cm³/mol. The summed E-state index contributed by atoms with van der Waals surface area (Å²) in [5.74, 6) is 11.4. The first-order valence-corrected chi connectivity index (χ1v) is 13.4. The van der Waals surface area contributed by atoms with Gasteiger partial charge in [-0.15, -0.1) is 0 Å². The van der Waals surface area contributed by atoms with Crippen molar-refractivity contribution in [3.05, 3.63) is 23.8 Å². The zero-order valence-corrected chi connectivity index (χ0v) is 20.9. The smallest absolute Gasteiger partial charge is 0.231 e. The van der Waals surface area contributed by atoms with Crippen molar-refractivity contribution in [2.24, 2.45) is 40.4 Å². The Hall–Kier alpha value is -1.99. The van der Waals surface area contributed by atoms with Gasteiger partial charge < -0.3 is 14.6 Å². The van der Waals surface area contributed by atoms with Crippen molar-refractivity contribution in [2.75, 3.05) is 6.79 Å². The van der Waals surface area contributed by atoms with Crippen LogP contribution in [0.5, 0.6) is 11.5 Å². The lowest BCUT2D eigenvalue weighted by Gasteiger charge is -2.61. The molecule has 6 rings (SSSR count). The van der Waals surface area contributed by atoms with Gasteiger partial charge in [-0.3, -0.25) is 4.79 Å². The highest BCUT2D eigenvalue weighted by atomic mass is 16.7. The lowest BCUT2D eigenvalue weighted by molar-refractivity contribution is -0.144. The van der Waals surface area contributed by atoms with Crippen LogP contribution in [0.4, 0.5) is 0 Å². The van der Waals surface area contributed by atoms with Gasteiger partial charge in [0.25, 0.3) is 0 Å². The molecule has 5 aliphatic rings. The Morgan fingerprint density at radius 3 is 2.59 bits per heavy atom. The molecule has 4 nitrogen and oxygen atoms in total. The van der Waals surface area contributed by atoms with Gasteiger partial charge in [-0.25, -0.2) is 0 Å². The molecule has 0 bridgehead atoms. The normalized spacial score (nSPS) is 44.3. The van der Waals surface area contributed by atoms with E-state index in [1.807, 2.05) is 25.1 Å². The summed E-state index contributed by atoms with van der Waals surface area (Å²) in [4.78, 5) is 12.4. The second-order valence-electron chi connectivity index (χ2n) is 12.5. The molecule has 0 spiro atoms. The maximum atomic E-state index is 12.4. The van der Waals surface area contributed by atoms with Crippen LogP contribution >= 0.6 is 0 Å². The Morgan fingerprint density at radius 2 is 1.76 bits per heavy atom. The first-order chi connectivity index (χ1) is 16.2. The van der Waals surface area contributed by atoms with Gasteiger partial charge in [0.05, 0.1) is 0 Å². The number of hydrogen-bond acceptors (Lipinski definition) is 4. The van der Waals surface area contributed by atoms with Gasteiger partial charge in [0, 0.05) is 11.5 Å². The van der Waals surface area contributed by atoms with Crippen LogP contribution in [0.3, 0.4) is 0 Å². The third kappa shape index (κ3) is 3.34. The van der Waals surface area contributed by atoms with Crippen molar-refractivity contribution in [1.82, 2.24) is 0 Å². The summed E-state index contributed by atoms with van der Waals surface area (Å²) in [5, 5.41) is 11.5. The third-order valence-electron chi connectivity index (χ3n) is 11.0. The molecule has 0 aromatic heterocycles. The molecule has 0 unspecified atom stereocenters. The largest absolute Gasteiger partial charge is 0.454 e. The number of fused-ring (bicyclic) bond motifs is 6. The number of rotatable bonds is 1. The molecule has 1 heterocycles. The number of Topliss-reactive ketones (excluding diaryl/α,β-unsaturated/α-hetero) is 1. The minimum atomic E-state index is -0.913. The minimum absolute atomic E-state index is 0.210. The van der Waals surface area contributed by atoms with Crippen molar-refractivity contribution in [1.29, 1.82) is 0 Å². The molecular weight excluding hydrogens is 424 g/mol. The summed E-state index contributed by atoms with van der Waals surface area (Å²) in [5.41, 5.74) is 0.443. The van der Waals surface area contributed by atoms with E-state index in [4.69, 9.17) is 9.47 Å². The molecule has 182 valence electrons. The van der Waals surface area contributed by atoms with Crippen molar-refractivity contribution in [2.45, 2.75) is 84.2 Å². The summed E-state index contributed by atoms with van der Waals surface area (Å²) in [6.45, 7) is 7.01. The van der Waals surface area contributed by atoms with Gasteiger partial charge in [-0.05, 0) is 117 Å². The summed E-state index contributed by atoms with van der Waals surface area (Å²) in [6.07, 6.45) is 9.77.